The number of ether oxygens (including phenoxy) is 2. The van der Waals surface area contributed by atoms with Crippen molar-refractivity contribution in [2.24, 2.45) is 11.3 Å². The number of carbonyl (C=O) groups is 4. The standard InChI is InChI=1S/C48H60N8O9S2/c1-28(2)49-46-52-37(27-66-46)36-22-39(33-19-18-31(64-6)20-35(33)50-36)65-32-21-38-42(57)54-48(44(59)60)23-30(48)15-10-8-7-9-11-16-34(43(58)56(38)25-32)51-45(61)53-41(47(3,4)5)26-55-24-29-14-12-13-17-40(29)67(55,62)63/h10,12-15,17-20,22,27-28,30,32,34,38,41H,7-9,11,16,21,23-26H2,1-6H3,(H,49,52)(H,54,57)(H,59,60)(H2,51,53,61)/t30?,32-,34+,38+,41-,48-/m1/s1. The molecule has 4 aliphatic rings. The number of allylic oxidation sites excluding steroid dienone is 1. The minimum Gasteiger partial charge on any atom is -0.497 e. The Bertz CT molecular complexity index is 2680. The molecule has 2 fully saturated rings. The van der Waals surface area contributed by atoms with Crippen LogP contribution in [0.4, 0.5) is 9.93 Å². The second-order valence-electron chi connectivity index (χ2n) is 19.3. The first-order valence-corrected chi connectivity index (χ1v) is 25.2. The Balaban J connectivity index is 1.08. The van der Waals surface area contributed by atoms with Gasteiger partial charge in [0.25, 0.3) is 0 Å². The number of amides is 4. The Hall–Kier alpha value is -5.79. The molecular formula is C48H60N8O9S2. The fraction of sp³-hybridized carbons (Fsp3) is 0.500. The maximum absolute atomic E-state index is 15.0. The molecule has 358 valence electrons. The van der Waals surface area contributed by atoms with Crippen LogP contribution in [0.2, 0.25) is 0 Å². The molecule has 1 unspecified atom stereocenters. The number of rotatable bonds is 11. The Morgan fingerprint density at radius 1 is 1.06 bits per heavy atom. The van der Waals surface area contributed by atoms with Gasteiger partial charge in [0.15, 0.2) is 5.13 Å². The summed E-state index contributed by atoms with van der Waals surface area (Å²) in [5.41, 5.74) is 0.302. The summed E-state index contributed by atoms with van der Waals surface area (Å²) in [4.78, 5) is 67.7. The van der Waals surface area contributed by atoms with Crippen molar-refractivity contribution in [3.8, 4) is 22.9 Å². The van der Waals surface area contributed by atoms with E-state index < -0.39 is 74.9 Å². The zero-order chi connectivity index (χ0) is 47.8. The molecule has 19 heteroatoms. The summed E-state index contributed by atoms with van der Waals surface area (Å²) in [5, 5.41) is 25.8. The number of thiazole rings is 1. The van der Waals surface area contributed by atoms with Crippen molar-refractivity contribution in [1.29, 1.82) is 0 Å². The number of anilines is 1. The van der Waals surface area contributed by atoms with Gasteiger partial charge in [0, 0.05) is 60.4 Å². The van der Waals surface area contributed by atoms with Crippen LogP contribution in [0, 0.1) is 11.3 Å². The van der Waals surface area contributed by atoms with Crippen molar-refractivity contribution in [2.75, 3.05) is 25.5 Å². The van der Waals surface area contributed by atoms with E-state index in [2.05, 4.69) is 21.3 Å². The van der Waals surface area contributed by atoms with Crippen molar-refractivity contribution >= 4 is 61.2 Å². The Labute approximate surface area is 395 Å². The first kappa shape index (κ1) is 47.7. The number of aliphatic carboxylic acids is 1. The normalized spacial score (nSPS) is 24.7. The number of benzene rings is 2. The lowest BCUT2D eigenvalue weighted by Crippen LogP contribution is -2.59. The molecule has 1 saturated heterocycles. The third-order valence-electron chi connectivity index (χ3n) is 13.1. The van der Waals surface area contributed by atoms with E-state index in [1.165, 1.54) is 20.5 Å². The topological polar surface area (TPSA) is 221 Å². The first-order valence-electron chi connectivity index (χ1n) is 22.9. The molecule has 5 N–H and O–H groups in total. The Kier molecular flexibility index (Phi) is 13.6. The highest BCUT2D eigenvalue weighted by Gasteiger charge is 2.61. The van der Waals surface area contributed by atoms with Crippen LogP contribution in [-0.2, 0) is 31.0 Å². The largest absolute Gasteiger partial charge is 0.497 e. The van der Waals surface area contributed by atoms with E-state index in [0.717, 1.165) is 18.0 Å². The zero-order valence-corrected chi connectivity index (χ0v) is 40.3. The molecule has 17 nitrogen and oxygen atoms in total. The van der Waals surface area contributed by atoms with Crippen LogP contribution < -0.4 is 30.7 Å². The number of carboxylic acids is 1. The minimum atomic E-state index is -3.80. The smallest absolute Gasteiger partial charge is 0.330 e. The van der Waals surface area contributed by atoms with Gasteiger partial charge in [-0.05, 0) is 68.7 Å². The lowest BCUT2D eigenvalue weighted by atomic mass is 9.86. The molecule has 4 aromatic rings. The number of hydrogen-bond acceptors (Lipinski definition) is 12. The molecule has 6 atom stereocenters. The number of carboxylic acid groups (broad SMARTS) is 1. The summed E-state index contributed by atoms with van der Waals surface area (Å²) < 4.78 is 40.8. The first-order chi connectivity index (χ1) is 31.9. The van der Waals surface area contributed by atoms with Gasteiger partial charge in [0.1, 0.15) is 40.9 Å². The highest BCUT2D eigenvalue weighted by molar-refractivity contribution is 7.89. The molecule has 2 aromatic carbocycles. The van der Waals surface area contributed by atoms with Crippen molar-refractivity contribution in [3.63, 3.8) is 0 Å². The molecule has 2 aromatic heterocycles. The molecular weight excluding hydrogens is 897 g/mol. The van der Waals surface area contributed by atoms with E-state index in [0.29, 0.717) is 52.2 Å². The average molecular weight is 957 g/mol. The van der Waals surface area contributed by atoms with E-state index in [4.69, 9.17) is 19.4 Å². The number of methoxy groups -OCH3 is 1. The van der Waals surface area contributed by atoms with Crippen LogP contribution in [-0.4, -0.2) is 113 Å². The predicted octanol–water partition coefficient (Wildman–Crippen LogP) is 6.30. The number of nitrogens with zero attached hydrogens (tertiary/aromatic N) is 4. The minimum absolute atomic E-state index is 0.00354. The number of aromatic nitrogens is 2. The fourth-order valence-corrected chi connectivity index (χ4v) is 11.6. The number of nitrogens with one attached hydrogen (secondary N) is 4. The van der Waals surface area contributed by atoms with Gasteiger partial charge in [0.05, 0.1) is 29.8 Å². The van der Waals surface area contributed by atoms with Gasteiger partial charge in [-0.1, -0.05) is 64.0 Å². The molecule has 0 radical (unpaired) electrons. The van der Waals surface area contributed by atoms with Gasteiger partial charge in [0.2, 0.25) is 21.8 Å². The molecule has 0 bridgehead atoms. The zero-order valence-electron chi connectivity index (χ0n) is 38.7. The maximum atomic E-state index is 15.0. The summed E-state index contributed by atoms with van der Waals surface area (Å²) >= 11 is 1.45. The molecule has 3 aliphatic heterocycles. The predicted molar refractivity (Wildman–Crippen MR) is 254 cm³/mol. The highest BCUT2D eigenvalue weighted by Crippen LogP contribution is 2.46. The number of urea groups is 1. The fourth-order valence-electron chi connectivity index (χ4n) is 9.12. The van der Waals surface area contributed by atoms with Gasteiger partial charge >= 0.3 is 12.0 Å². The van der Waals surface area contributed by atoms with Gasteiger partial charge in [-0.3, -0.25) is 9.59 Å². The molecule has 4 amide bonds. The van der Waals surface area contributed by atoms with Gasteiger partial charge < -0.3 is 40.7 Å². The second-order valence-corrected chi connectivity index (χ2v) is 22.1. The van der Waals surface area contributed by atoms with Crippen molar-refractivity contribution in [2.45, 2.75) is 127 Å². The summed E-state index contributed by atoms with van der Waals surface area (Å²) in [5.74, 6) is -1.69. The van der Waals surface area contributed by atoms with E-state index >= 15 is 4.79 Å². The van der Waals surface area contributed by atoms with E-state index in [1.807, 2.05) is 58.2 Å². The summed E-state index contributed by atoms with van der Waals surface area (Å²) in [7, 11) is -2.23. The maximum Gasteiger partial charge on any atom is 0.330 e. The van der Waals surface area contributed by atoms with E-state index in [-0.39, 0.29) is 49.8 Å². The van der Waals surface area contributed by atoms with Crippen LogP contribution in [0.3, 0.4) is 0 Å². The molecule has 8 rings (SSSR count). The van der Waals surface area contributed by atoms with Crippen molar-refractivity contribution in [3.05, 3.63) is 71.6 Å². The third-order valence-corrected chi connectivity index (χ3v) is 15.7. The van der Waals surface area contributed by atoms with Crippen LogP contribution >= 0.6 is 11.3 Å². The highest BCUT2D eigenvalue weighted by atomic mass is 32.2. The number of carbonyl (C=O) groups excluding carboxylic acids is 3. The molecule has 5 heterocycles. The molecule has 0 spiro atoms. The molecule has 67 heavy (non-hydrogen) atoms. The second kappa shape index (κ2) is 19.1. The molecule has 1 saturated carbocycles. The van der Waals surface area contributed by atoms with Crippen molar-refractivity contribution in [1.82, 2.24) is 35.1 Å². The number of fused-ring (bicyclic) bond motifs is 4. The SMILES string of the molecule is COc1ccc2c(O[C@@H]3C[C@H]4C(=O)N[C@]5(C(=O)O)CC5C=CCCCCC[C@H](NC(=O)N[C@H](CN5Cc6ccccc6S5(=O)=O)C(C)(C)C)C(=O)N4C3)cc(-c3csc(NC(C)C)n3)nc2c1. The Morgan fingerprint density at radius 2 is 1.85 bits per heavy atom. The van der Waals surface area contributed by atoms with Gasteiger partial charge in [-0.25, -0.2) is 28.0 Å². The molecule has 1 aliphatic carbocycles. The van der Waals surface area contributed by atoms with Crippen LogP contribution in [0.15, 0.2) is 71.0 Å². The summed E-state index contributed by atoms with van der Waals surface area (Å²) in [6, 6.07) is 10.7. The third kappa shape index (κ3) is 10.2. The van der Waals surface area contributed by atoms with Crippen LogP contribution in [0.25, 0.3) is 22.3 Å². The Morgan fingerprint density at radius 3 is 2.58 bits per heavy atom. The summed E-state index contributed by atoms with van der Waals surface area (Å²) in [6.45, 7) is 9.88. The lowest BCUT2D eigenvalue weighted by Gasteiger charge is -2.35. The lowest BCUT2D eigenvalue weighted by molar-refractivity contribution is -0.145. The number of hydrogen-bond donors (Lipinski definition) is 5. The monoisotopic (exact) mass is 956 g/mol. The number of sulfonamides is 1. The van der Waals surface area contributed by atoms with Crippen LogP contribution in [0.5, 0.6) is 11.5 Å². The average Bonchev–Trinajstić information content (AvgIpc) is 3.51. The summed E-state index contributed by atoms with van der Waals surface area (Å²) in [6.07, 6.45) is 6.33. The van der Waals surface area contributed by atoms with Crippen LogP contribution in [0.1, 0.15) is 85.1 Å². The quantitative estimate of drug-likeness (QED) is 0.105. The van der Waals surface area contributed by atoms with E-state index in [1.54, 1.807) is 49.6 Å². The van der Waals surface area contributed by atoms with E-state index in [9.17, 15) is 27.9 Å². The number of pyridine rings is 1. The van der Waals surface area contributed by atoms with Gasteiger partial charge in [-0.15, -0.1) is 11.3 Å². The van der Waals surface area contributed by atoms with Crippen molar-refractivity contribution < 1.29 is 42.2 Å². The van der Waals surface area contributed by atoms with Gasteiger partial charge in [-0.2, -0.15) is 4.31 Å².